The van der Waals surface area contributed by atoms with Crippen LogP contribution in [0.1, 0.15) is 39.1 Å². The van der Waals surface area contributed by atoms with Crippen LogP contribution in [0.5, 0.6) is 0 Å². The maximum Gasteiger partial charge on any atom is 0.0596 e. The number of hydrogen-bond donors (Lipinski definition) is 1. The smallest absolute Gasteiger partial charge is 0.0596 e. The molecule has 0 saturated carbocycles. The van der Waals surface area contributed by atoms with Crippen molar-refractivity contribution in [1.29, 1.82) is 0 Å². The fraction of sp³-hybridized carbons (Fsp3) is 0.769. The van der Waals surface area contributed by atoms with E-state index in [0.29, 0.717) is 5.92 Å². The average molecular weight is 223 g/mol. The minimum absolute atomic E-state index is 0.166. The highest BCUT2D eigenvalue weighted by atomic mass is 15.3. The fourth-order valence-electron chi connectivity index (χ4n) is 1.94. The molecule has 1 aromatic rings. The molecule has 0 aromatic carbocycles. The zero-order valence-corrected chi connectivity index (χ0v) is 11.2. The maximum absolute atomic E-state index is 5.92. The van der Waals surface area contributed by atoms with Gasteiger partial charge in [-0.1, -0.05) is 20.8 Å². The predicted molar refractivity (Wildman–Crippen MR) is 68.3 cm³/mol. The Bertz CT molecular complexity index is 341. The van der Waals surface area contributed by atoms with Crippen molar-refractivity contribution in [3.63, 3.8) is 0 Å². The van der Waals surface area contributed by atoms with Crippen LogP contribution >= 0.6 is 0 Å². The first-order valence-electron chi connectivity index (χ1n) is 6.16. The number of hydrogen-bond acceptors (Lipinski definition) is 2. The Balaban J connectivity index is 2.93. The Morgan fingerprint density at radius 1 is 1.50 bits per heavy atom. The molecule has 0 aliphatic rings. The van der Waals surface area contributed by atoms with E-state index >= 15 is 0 Å². The molecule has 0 aliphatic carbocycles. The number of aryl methyl sites for hydroxylation is 2. The van der Waals surface area contributed by atoms with Gasteiger partial charge in [-0.25, -0.2) is 0 Å². The molecule has 1 heterocycles. The van der Waals surface area contributed by atoms with E-state index in [-0.39, 0.29) is 5.41 Å². The van der Waals surface area contributed by atoms with Gasteiger partial charge in [0.25, 0.3) is 0 Å². The monoisotopic (exact) mass is 223 g/mol. The molecule has 1 atom stereocenters. The van der Waals surface area contributed by atoms with Crippen molar-refractivity contribution in [3.8, 4) is 0 Å². The summed E-state index contributed by atoms with van der Waals surface area (Å²) in [4.78, 5) is 0. The van der Waals surface area contributed by atoms with Gasteiger partial charge in [0, 0.05) is 12.2 Å². The molecule has 0 amide bonds. The second-order valence-corrected chi connectivity index (χ2v) is 5.28. The van der Waals surface area contributed by atoms with Gasteiger partial charge in [-0.15, -0.1) is 0 Å². The second-order valence-electron chi connectivity index (χ2n) is 5.28. The molecule has 3 nitrogen and oxygen atoms in total. The van der Waals surface area contributed by atoms with Crippen molar-refractivity contribution in [3.05, 3.63) is 17.5 Å². The van der Waals surface area contributed by atoms with Crippen LogP contribution < -0.4 is 5.73 Å². The molecule has 16 heavy (non-hydrogen) atoms. The van der Waals surface area contributed by atoms with Crippen LogP contribution in [0.15, 0.2) is 6.07 Å². The molecular formula is C13H25N3. The second kappa shape index (κ2) is 5.00. The quantitative estimate of drug-likeness (QED) is 0.833. The van der Waals surface area contributed by atoms with Crippen LogP contribution in [0.3, 0.4) is 0 Å². The van der Waals surface area contributed by atoms with Gasteiger partial charge in [-0.05, 0) is 44.2 Å². The summed E-state index contributed by atoms with van der Waals surface area (Å²) in [6.07, 6.45) is 1.01. The first kappa shape index (κ1) is 13.2. The Kier molecular flexibility index (Phi) is 4.14. The number of nitrogens with zero attached hydrogens (tertiary/aromatic N) is 2. The molecule has 0 saturated heterocycles. The minimum atomic E-state index is 0.166. The number of rotatable bonds is 5. The number of aromatic nitrogens is 2. The van der Waals surface area contributed by atoms with E-state index in [1.165, 1.54) is 5.69 Å². The van der Waals surface area contributed by atoms with Crippen LogP contribution in [0, 0.1) is 18.3 Å². The predicted octanol–water partition coefficient (Wildman–Crippen LogP) is 2.37. The summed E-state index contributed by atoms with van der Waals surface area (Å²) in [6.45, 7) is 12.6. The molecule has 0 aliphatic heterocycles. The van der Waals surface area contributed by atoms with Crippen molar-refractivity contribution in [2.45, 2.75) is 47.6 Å². The maximum atomic E-state index is 5.92. The van der Waals surface area contributed by atoms with Gasteiger partial charge >= 0.3 is 0 Å². The van der Waals surface area contributed by atoms with E-state index in [2.05, 4.69) is 43.5 Å². The normalized spacial score (nSPS) is 15.4. The largest absolute Gasteiger partial charge is 0.330 e. The van der Waals surface area contributed by atoms with Gasteiger partial charge in [0.05, 0.1) is 5.69 Å². The summed E-state index contributed by atoms with van der Waals surface area (Å²) in [6, 6.07) is 2.18. The van der Waals surface area contributed by atoms with E-state index in [0.717, 1.165) is 25.2 Å². The highest BCUT2D eigenvalue weighted by molar-refractivity contribution is 5.11. The standard InChI is InChI=1S/C13H25N3/c1-6-16-12(7-11(4)15-16)8-13(5,9-14)10(2)3/h7,10H,6,8-9,14H2,1-5H3. The Labute approximate surface area is 99.0 Å². The molecule has 92 valence electrons. The molecule has 0 bridgehead atoms. The zero-order chi connectivity index (χ0) is 12.3. The van der Waals surface area contributed by atoms with E-state index in [4.69, 9.17) is 5.73 Å². The lowest BCUT2D eigenvalue weighted by atomic mass is 9.75. The van der Waals surface area contributed by atoms with Gasteiger partial charge in [0.1, 0.15) is 0 Å². The van der Waals surface area contributed by atoms with Crippen molar-refractivity contribution in [2.75, 3.05) is 6.54 Å². The van der Waals surface area contributed by atoms with Crippen LogP contribution in [0.2, 0.25) is 0 Å². The molecule has 1 aromatic heterocycles. The molecule has 0 spiro atoms. The Morgan fingerprint density at radius 2 is 2.12 bits per heavy atom. The van der Waals surface area contributed by atoms with Gasteiger partial charge in [0.2, 0.25) is 0 Å². The summed E-state index contributed by atoms with van der Waals surface area (Å²) in [5.41, 5.74) is 8.49. The summed E-state index contributed by atoms with van der Waals surface area (Å²) < 4.78 is 2.09. The van der Waals surface area contributed by atoms with E-state index in [9.17, 15) is 0 Å². The molecule has 1 rings (SSSR count). The summed E-state index contributed by atoms with van der Waals surface area (Å²) >= 11 is 0. The lowest BCUT2D eigenvalue weighted by Crippen LogP contribution is -2.35. The van der Waals surface area contributed by atoms with Crippen molar-refractivity contribution >= 4 is 0 Å². The third-order valence-corrected chi connectivity index (χ3v) is 3.73. The molecule has 0 fully saturated rings. The highest BCUT2D eigenvalue weighted by Crippen LogP contribution is 2.30. The zero-order valence-electron chi connectivity index (χ0n) is 11.2. The minimum Gasteiger partial charge on any atom is -0.330 e. The van der Waals surface area contributed by atoms with Crippen LogP contribution in [0.4, 0.5) is 0 Å². The lowest BCUT2D eigenvalue weighted by molar-refractivity contribution is 0.222. The topological polar surface area (TPSA) is 43.8 Å². The van der Waals surface area contributed by atoms with Crippen molar-refractivity contribution in [1.82, 2.24) is 9.78 Å². The summed E-state index contributed by atoms with van der Waals surface area (Å²) in [7, 11) is 0. The fourth-order valence-corrected chi connectivity index (χ4v) is 1.94. The van der Waals surface area contributed by atoms with E-state index in [1.54, 1.807) is 0 Å². The molecular weight excluding hydrogens is 198 g/mol. The van der Waals surface area contributed by atoms with E-state index < -0.39 is 0 Å². The van der Waals surface area contributed by atoms with Gasteiger partial charge in [-0.3, -0.25) is 4.68 Å². The highest BCUT2D eigenvalue weighted by Gasteiger charge is 2.28. The van der Waals surface area contributed by atoms with Crippen LogP contribution in [0.25, 0.3) is 0 Å². The van der Waals surface area contributed by atoms with Gasteiger partial charge in [0.15, 0.2) is 0 Å². The van der Waals surface area contributed by atoms with Crippen molar-refractivity contribution < 1.29 is 0 Å². The Morgan fingerprint density at radius 3 is 2.56 bits per heavy atom. The van der Waals surface area contributed by atoms with Crippen LogP contribution in [-0.2, 0) is 13.0 Å². The SMILES string of the molecule is CCn1nc(C)cc1CC(C)(CN)C(C)C. The van der Waals surface area contributed by atoms with Crippen molar-refractivity contribution in [2.24, 2.45) is 17.1 Å². The molecule has 0 radical (unpaired) electrons. The third kappa shape index (κ3) is 2.64. The average Bonchev–Trinajstić information content (AvgIpc) is 2.58. The van der Waals surface area contributed by atoms with Crippen LogP contribution in [-0.4, -0.2) is 16.3 Å². The summed E-state index contributed by atoms with van der Waals surface area (Å²) in [5, 5.41) is 4.48. The lowest BCUT2D eigenvalue weighted by Gasteiger charge is -2.32. The third-order valence-electron chi connectivity index (χ3n) is 3.73. The number of nitrogens with two attached hydrogens (primary N) is 1. The van der Waals surface area contributed by atoms with Gasteiger partial charge < -0.3 is 5.73 Å². The van der Waals surface area contributed by atoms with E-state index in [1.807, 2.05) is 6.92 Å². The first-order valence-corrected chi connectivity index (χ1v) is 6.16. The Hall–Kier alpha value is -0.830. The molecule has 3 heteroatoms. The molecule has 2 N–H and O–H groups in total. The van der Waals surface area contributed by atoms with Gasteiger partial charge in [-0.2, -0.15) is 5.10 Å². The summed E-state index contributed by atoms with van der Waals surface area (Å²) in [5.74, 6) is 0.581. The first-order chi connectivity index (χ1) is 7.42. The molecule has 1 unspecified atom stereocenters.